The third-order valence-corrected chi connectivity index (χ3v) is 3.58. The highest BCUT2D eigenvalue weighted by atomic mass is 35.5. The summed E-state index contributed by atoms with van der Waals surface area (Å²) in [6.45, 7) is 5.53. The molecule has 0 radical (unpaired) electrons. The van der Waals surface area contributed by atoms with Crippen molar-refractivity contribution in [3.05, 3.63) is 35.5 Å². The Labute approximate surface area is 124 Å². The molecule has 0 saturated carbocycles. The van der Waals surface area contributed by atoms with Crippen LogP contribution in [0.3, 0.4) is 0 Å². The largest absolute Gasteiger partial charge is 0.395 e. The normalized spacial score (nSPS) is 11.2. The molecule has 4 nitrogen and oxygen atoms in total. The fourth-order valence-corrected chi connectivity index (χ4v) is 2.42. The summed E-state index contributed by atoms with van der Waals surface area (Å²) in [6, 6.07) is 9.94. The molecule has 108 valence electrons. The van der Waals surface area contributed by atoms with Gasteiger partial charge >= 0.3 is 0 Å². The number of aliphatic hydroxyl groups excluding tert-OH is 1. The molecule has 0 aliphatic carbocycles. The minimum Gasteiger partial charge on any atom is -0.395 e. The molecule has 2 aromatic rings. The third-order valence-electron chi connectivity index (χ3n) is 3.29. The van der Waals surface area contributed by atoms with E-state index in [1.165, 1.54) is 0 Å². The molecule has 5 heteroatoms. The van der Waals surface area contributed by atoms with E-state index in [4.69, 9.17) is 16.7 Å². The van der Waals surface area contributed by atoms with Crippen molar-refractivity contribution in [3.63, 3.8) is 0 Å². The molecule has 2 N–H and O–H groups in total. The zero-order valence-electron chi connectivity index (χ0n) is 11.6. The molecular formula is C15H20ClN3O. The highest BCUT2D eigenvalue weighted by Gasteiger charge is 2.04. The van der Waals surface area contributed by atoms with Crippen molar-refractivity contribution in [1.29, 1.82) is 0 Å². The number of anilines is 1. The van der Waals surface area contributed by atoms with Crippen molar-refractivity contribution < 1.29 is 5.11 Å². The van der Waals surface area contributed by atoms with E-state index in [-0.39, 0.29) is 6.61 Å². The lowest BCUT2D eigenvalue weighted by atomic mass is 10.2. The fraction of sp³-hybridized carbons (Fsp3) is 0.400. The minimum absolute atomic E-state index is 0.188. The molecule has 1 heterocycles. The maximum Gasteiger partial charge on any atom is 0.139 e. The van der Waals surface area contributed by atoms with E-state index in [0.29, 0.717) is 11.7 Å². The van der Waals surface area contributed by atoms with Gasteiger partial charge in [0.25, 0.3) is 0 Å². The summed E-state index contributed by atoms with van der Waals surface area (Å²) in [7, 11) is 0. The first-order valence-electron chi connectivity index (χ1n) is 6.87. The van der Waals surface area contributed by atoms with E-state index in [1.54, 1.807) is 0 Å². The first kappa shape index (κ1) is 15.0. The van der Waals surface area contributed by atoms with Crippen molar-refractivity contribution in [2.45, 2.75) is 6.92 Å². The van der Waals surface area contributed by atoms with Crippen LogP contribution in [0.2, 0.25) is 5.15 Å². The predicted molar refractivity (Wildman–Crippen MR) is 84.4 cm³/mol. The molecule has 0 amide bonds. The Balaban J connectivity index is 2.00. The van der Waals surface area contributed by atoms with Crippen LogP contribution < -0.4 is 5.32 Å². The van der Waals surface area contributed by atoms with Crippen molar-refractivity contribution in [3.8, 4) is 0 Å². The van der Waals surface area contributed by atoms with Gasteiger partial charge in [-0.15, -0.1) is 0 Å². The van der Waals surface area contributed by atoms with Crippen LogP contribution in [0.25, 0.3) is 10.8 Å². The van der Waals surface area contributed by atoms with Gasteiger partial charge in [0, 0.05) is 25.0 Å². The number of rotatable bonds is 7. The summed E-state index contributed by atoms with van der Waals surface area (Å²) in [5.74, 6) is 0.786. The van der Waals surface area contributed by atoms with Gasteiger partial charge in [-0.2, -0.15) is 0 Å². The Kier molecular flexibility index (Phi) is 5.59. The van der Waals surface area contributed by atoms with Gasteiger partial charge in [-0.25, -0.2) is 4.98 Å². The van der Waals surface area contributed by atoms with Gasteiger partial charge in [0.1, 0.15) is 11.0 Å². The summed E-state index contributed by atoms with van der Waals surface area (Å²) in [5, 5.41) is 14.8. The molecule has 0 aliphatic rings. The minimum atomic E-state index is 0.188. The van der Waals surface area contributed by atoms with E-state index in [2.05, 4.69) is 22.1 Å². The maximum atomic E-state index is 8.95. The Morgan fingerprint density at radius 3 is 2.85 bits per heavy atom. The van der Waals surface area contributed by atoms with Gasteiger partial charge in [-0.05, 0) is 18.0 Å². The smallest absolute Gasteiger partial charge is 0.139 e. The third kappa shape index (κ3) is 3.82. The molecule has 20 heavy (non-hydrogen) atoms. The van der Waals surface area contributed by atoms with Crippen LogP contribution in [0, 0.1) is 0 Å². The van der Waals surface area contributed by atoms with Crippen LogP contribution in [0.1, 0.15) is 6.92 Å². The summed E-state index contributed by atoms with van der Waals surface area (Å²) in [6.07, 6.45) is 0. The molecule has 1 aromatic heterocycles. The van der Waals surface area contributed by atoms with Crippen molar-refractivity contribution in [2.75, 3.05) is 38.1 Å². The number of likely N-dealkylation sites (N-methyl/N-ethyl adjacent to an activating group) is 1. The summed E-state index contributed by atoms with van der Waals surface area (Å²) >= 11 is 6.19. The Hall–Kier alpha value is -1.36. The second-order valence-corrected chi connectivity index (χ2v) is 4.96. The molecule has 0 spiro atoms. The van der Waals surface area contributed by atoms with E-state index in [1.807, 2.05) is 30.3 Å². The number of pyridine rings is 1. The number of halogens is 1. The van der Waals surface area contributed by atoms with Gasteiger partial charge in [-0.3, -0.25) is 4.90 Å². The molecular weight excluding hydrogens is 274 g/mol. The number of aromatic nitrogens is 1. The Bertz CT molecular complexity index is 562. The number of nitrogens with zero attached hydrogens (tertiary/aromatic N) is 2. The van der Waals surface area contributed by atoms with Crippen molar-refractivity contribution in [1.82, 2.24) is 9.88 Å². The number of hydrogen-bond acceptors (Lipinski definition) is 4. The SMILES string of the molecule is CCN(CCO)CCNc1cc2ccccc2c(Cl)n1. The summed E-state index contributed by atoms with van der Waals surface area (Å²) in [5.41, 5.74) is 0. The van der Waals surface area contributed by atoms with Crippen LogP contribution in [0.4, 0.5) is 5.82 Å². The van der Waals surface area contributed by atoms with Gasteiger partial charge in [0.2, 0.25) is 0 Å². The second kappa shape index (κ2) is 7.43. The summed E-state index contributed by atoms with van der Waals surface area (Å²) < 4.78 is 0. The van der Waals surface area contributed by atoms with E-state index in [9.17, 15) is 0 Å². The maximum absolute atomic E-state index is 8.95. The van der Waals surface area contributed by atoms with Crippen LogP contribution >= 0.6 is 11.6 Å². The standard InChI is InChI=1S/C15H20ClN3O/c1-2-19(9-10-20)8-7-17-14-11-12-5-3-4-6-13(12)15(16)18-14/h3-6,11,20H,2,7-10H2,1H3,(H,17,18). The monoisotopic (exact) mass is 293 g/mol. The number of hydrogen-bond donors (Lipinski definition) is 2. The lowest BCUT2D eigenvalue weighted by molar-refractivity contribution is 0.206. The number of aliphatic hydroxyl groups is 1. The zero-order valence-corrected chi connectivity index (χ0v) is 12.4. The van der Waals surface area contributed by atoms with Crippen LogP contribution in [-0.2, 0) is 0 Å². The highest BCUT2D eigenvalue weighted by Crippen LogP contribution is 2.24. The van der Waals surface area contributed by atoms with Crippen molar-refractivity contribution in [2.24, 2.45) is 0 Å². The molecule has 1 aromatic carbocycles. The molecule has 0 unspecified atom stereocenters. The number of nitrogens with one attached hydrogen (secondary N) is 1. The average Bonchev–Trinajstić information content (AvgIpc) is 2.46. The van der Waals surface area contributed by atoms with Crippen LogP contribution in [0.5, 0.6) is 0 Å². The van der Waals surface area contributed by atoms with E-state index < -0.39 is 0 Å². The van der Waals surface area contributed by atoms with Gasteiger partial charge in [-0.1, -0.05) is 42.8 Å². The fourth-order valence-electron chi connectivity index (χ4n) is 2.16. The second-order valence-electron chi connectivity index (χ2n) is 4.60. The van der Waals surface area contributed by atoms with Crippen molar-refractivity contribution >= 4 is 28.2 Å². The topological polar surface area (TPSA) is 48.4 Å². The number of benzene rings is 1. The lowest BCUT2D eigenvalue weighted by Crippen LogP contribution is -2.31. The molecule has 0 bridgehead atoms. The first-order chi connectivity index (χ1) is 9.74. The lowest BCUT2D eigenvalue weighted by Gasteiger charge is -2.19. The quantitative estimate of drug-likeness (QED) is 0.771. The summed E-state index contributed by atoms with van der Waals surface area (Å²) in [4.78, 5) is 6.53. The Morgan fingerprint density at radius 1 is 1.30 bits per heavy atom. The molecule has 0 aliphatic heterocycles. The van der Waals surface area contributed by atoms with Gasteiger partial charge < -0.3 is 10.4 Å². The van der Waals surface area contributed by atoms with Gasteiger partial charge in [0.15, 0.2) is 0 Å². The Morgan fingerprint density at radius 2 is 2.10 bits per heavy atom. The van der Waals surface area contributed by atoms with E-state index >= 15 is 0 Å². The van der Waals surface area contributed by atoms with Crippen LogP contribution in [-0.4, -0.2) is 47.8 Å². The molecule has 0 atom stereocenters. The molecule has 2 rings (SSSR count). The molecule has 0 saturated heterocycles. The zero-order chi connectivity index (χ0) is 14.4. The van der Waals surface area contributed by atoms with E-state index in [0.717, 1.165) is 36.2 Å². The average molecular weight is 294 g/mol. The number of fused-ring (bicyclic) bond motifs is 1. The highest BCUT2D eigenvalue weighted by molar-refractivity contribution is 6.34. The molecule has 0 fully saturated rings. The van der Waals surface area contributed by atoms with Crippen LogP contribution in [0.15, 0.2) is 30.3 Å². The van der Waals surface area contributed by atoms with Gasteiger partial charge in [0.05, 0.1) is 6.61 Å². The first-order valence-corrected chi connectivity index (χ1v) is 7.24. The predicted octanol–water partition coefficient (Wildman–Crippen LogP) is 2.61.